The molecule has 1 saturated heterocycles. The van der Waals surface area contributed by atoms with Crippen molar-refractivity contribution >= 4 is 10.2 Å². The average molecular weight is 222 g/mol. The zero-order valence-electron chi connectivity index (χ0n) is 8.22. The van der Waals surface area contributed by atoms with Crippen LogP contribution in [-0.2, 0) is 10.2 Å². The van der Waals surface area contributed by atoms with E-state index in [9.17, 15) is 8.42 Å². The van der Waals surface area contributed by atoms with Gasteiger partial charge in [0.25, 0.3) is 10.2 Å². The maximum Gasteiger partial charge on any atom is 0.276 e. The van der Waals surface area contributed by atoms with Gasteiger partial charge >= 0.3 is 0 Å². The molecule has 1 aliphatic heterocycles. The Morgan fingerprint density at radius 2 is 2.07 bits per heavy atom. The molecule has 1 heterocycles. The van der Waals surface area contributed by atoms with E-state index in [4.69, 9.17) is 10.2 Å². The molecule has 0 bridgehead atoms. The van der Waals surface area contributed by atoms with Crippen LogP contribution < -0.4 is 5.14 Å². The lowest BCUT2D eigenvalue weighted by Gasteiger charge is -2.16. The quantitative estimate of drug-likeness (QED) is 0.686. The number of nitrogens with two attached hydrogens (primary N) is 1. The number of aliphatic hydroxyl groups is 1. The molecule has 1 fully saturated rings. The Kier molecular flexibility index (Phi) is 4.31. The van der Waals surface area contributed by atoms with Crippen molar-refractivity contribution in [2.75, 3.05) is 19.7 Å². The molecule has 0 aliphatic carbocycles. The highest BCUT2D eigenvalue weighted by Gasteiger charge is 2.22. The number of rotatable bonds is 3. The van der Waals surface area contributed by atoms with Crippen LogP contribution in [0.5, 0.6) is 0 Å². The lowest BCUT2D eigenvalue weighted by molar-refractivity contribution is 0.248. The van der Waals surface area contributed by atoms with Gasteiger partial charge in [-0.3, -0.25) is 0 Å². The molecule has 5 nitrogen and oxygen atoms in total. The monoisotopic (exact) mass is 222 g/mol. The Morgan fingerprint density at radius 3 is 2.64 bits per heavy atom. The summed E-state index contributed by atoms with van der Waals surface area (Å²) in [6.45, 7) is 1.18. The van der Waals surface area contributed by atoms with Gasteiger partial charge in [0.15, 0.2) is 0 Å². The molecule has 0 amide bonds. The Morgan fingerprint density at radius 1 is 1.36 bits per heavy atom. The van der Waals surface area contributed by atoms with Crippen molar-refractivity contribution in [1.82, 2.24) is 4.31 Å². The van der Waals surface area contributed by atoms with Gasteiger partial charge in [-0.25, -0.2) is 5.14 Å². The van der Waals surface area contributed by atoms with Crippen LogP contribution in [0.3, 0.4) is 0 Å². The third kappa shape index (κ3) is 3.53. The van der Waals surface area contributed by atoms with Gasteiger partial charge in [0, 0.05) is 19.7 Å². The van der Waals surface area contributed by atoms with Crippen LogP contribution >= 0.6 is 0 Å². The summed E-state index contributed by atoms with van der Waals surface area (Å²) in [6, 6.07) is 0. The second-order valence-electron chi connectivity index (χ2n) is 3.75. The van der Waals surface area contributed by atoms with E-state index in [-0.39, 0.29) is 6.61 Å². The van der Waals surface area contributed by atoms with Gasteiger partial charge < -0.3 is 5.11 Å². The highest BCUT2D eigenvalue weighted by Crippen LogP contribution is 2.20. The fourth-order valence-corrected chi connectivity index (χ4v) is 2.61. The predicted octanol–water partition coefficient (Wildman–Crippen LogP) is -0.326. The largest absolute Gasteiger partial charge is 0.396 e. The molecule has 1 aliphatic rings. The minimum absolute atomic E-state index is 0.181. The van der Waals surface area contributed by atoms with Gasteiger partial charge in [-0.2, -0.15) is 12.7 Å². The summed E-state index contributed by atoms with van der Waals surface area (Å²) in [4.78, 5) is 0. The normalized spacial score (nSPS) is 26.0. The Hall–Kier alpha value is -0.170. The molecule has 1 atom stereocenters. The first-order valence-electron chi connectivity index (χ1n) is 4.93. The summed E-state index contributed by atoms with van der Waals surface area (Å²) in [7, 11) is -3.52. The Labute approximate surface area is 85.1 Å². The standard InChI is InChI=1S/C8H18N2O3S/c9-14(12,13)10-5-1-2-8(3-6-10)4-7-11/h8,11H,1-7H2,(H2,9,12,13). The SMILES string of the molecule is NS(=O)(=O)N1CCCC(CCO)CC1. The van der Waals surface area contributed by atoms with E-state index in [2.05, 4.69) is 0 Å². The van der Waals surface area contributed by atoms with Crippen molar-refractivity contribution in [3.8, 4) is 0 Å². The summed E-state index contributed by atoms with van der Waals surface area (Å²) >= 11 is 0. The molecule has 0 spiro atoms. The van der Waals surface area contributed by atoms with Crippen molar-refractivity contribution < 1.29 is 13.5 Å². The molecule has 1 unspecified atom stereocenters. The maximum atomic E-state index is 11.1. The topological polar surface area (TPSA) is 83.6 Å². The molecule has 6 heteroatoms. The van der Waals surface area contributed by atoms with E-state index in [0.29, 0.717) is 19.0 Å². The van der Waals surface area contributed by atoms with Crippen molar-refractivity contribution in [2.45, 2.75) is 25.7 Å². The number of nitrogens with zero attached hydrogens (tertiary/aromatic N) is 1. The van der Waals surface area contributed by atoms with Crippen molar-refractivity contribution in [3.63, 3.8) is 0 Å². The summed E-state index contributed by atoms with van der Waals surface area (Å²) in [6.07, 6.45) is 3.38. The van der Waals surface area contributed by atoms with Crippen LogP contribution in [0.15, 0.2) is 0 Å². The molecule has 1 rings (SSSR count). The first kappa shape index (κ1) is 11.9. The summed E-state index contributed by atoms with van der Waals surface area (Å²) in [5.41, 5.74) is 0. The molecular weight excluding hydrogens is 204 g/mol. The van der Waals surface area contributed by atoms with Crippen LogP contribution in [0, 0.1) is 5.92 Å². The molecule has 0 aromatic heterocycles. The highest BCUT2D eigenvalue weighted by atomic mass is 32.2. The average Bonchev–Trinajstić information content (AvgIpc) is 2.29. The highest BCUT2D eigenvalue weighted by molar-refractivity contribution is 7.86. The number of hydrogen-bond acceptors (Lipinski definition) is 3. The van der Waals surface area contributed by atoms with Gasteiger partial charge in [0.2, 0.25) is 0 Å². The molecule has 0 saturated carbocycles. The van der Waals surface area contributed by atoms with Gasteiger partial charge in [0.1, 0.15) is 0 Å². The van der Waals surface area contributed by atoms with Gasteiger partial charge in [0.05, 0.1) is 0 Å². The molecule has 84 valence electrons. The third-order valence-corrected chi connectivity index (χ3v) is 3.79. The lowest BCUT2D eigenvalue weighted by atomic mass is 9.98. The minimum atomic E-state index is -3.52. The van der Waals surface area contributed by atoms with E-state index in [1.807, 2.05) is 0 Å². The van der Waals surface area contributed by atoms with Gasteiger partial charge in [-0.15, -0.1) is 0 Å². The molecule has 14 heavy (non-hydrogen) atoms. The van der Waals surface area contributed by atoms with E-state index < -0.39 is 10.2 Å². The van der Waals surface area contributed by atoms with Crippen molar-refractivity contribution in [2.24, 2.45) is 11.1 Å². The second-order valence-corrected chi connectivity index (χ2v) is 5.30. The predicted molar refractivity (Wildman–Crippen MR) is 53.7 cm³/mol. The first-order valence-corrected chi connectivity index (χ1v) is 6.43. The van der Waals surface area contributed by atoms with Crippen molar-refractivity contribution in [1.29, 1.82) is 0 Å². The molecular formula is C8H18N2O3S. The zero-order valence-corrected chi connectivity index (χ0v) is 9.04. The molecule has 3 N–H and O–H groups in total. The van der Waals surface area contributed by atoms with Crippen LogP contribution in [-0.4, -0.2) is 37.5 Å². The summed E-state index contributed by atoms with van der Waals surface area (Å²) in [5, 5.41) is 13.8. The van der Waals surface area contributed by atoms with E-state index in [1.165, 1.54) is 4.31 Å². The van der Waals surface area contributed by atoms with Gasteiger partial charge in [-0.05, 0) is 31.6 Å². The van der Waals surface area contributed by atoms with Crippen LogP contribution in [0.1, 0.15) is 25.7 Å². The van der Waals surface area contributed by atoms with Crippen molar-refractivity contribution in [3.05, 3.63) is 0 Å². The molecule has 0 aromatic rings. The Balaban J connectivity index is 2.49. The first-order chi connectivity index (χ1) is 6.54. The van der Waals surface area contributed by atoms with Gasteiger partial charge in [-0.1, -0.05) is 0 Å². The molecule has 0 aromatic carbocycles. The Bertz CT molecular complexity index is 266. The van der Waals surface area contributed by atoms with Crippen LogP contribution in [0.4, 0.5) is 0 Å². The number of hydrogen-bond donors (Lipinski definition) is 2. The second kappa shape index (κ2) is 5.06. The molecule has 0 radical (unpaired) electrons. The van der Waals surface area contributed by atoms with E-state index >= 15 is 0 Å². The number of aliphatic hydroxyl groups excluding tert-OH is 1. The smallest absolute Gasteiger partial charge is 0.276 e. The van der Waals surface area contributed by atoms with Crippen LogP contribution in [0.25, 0.3) is 0 Å². The zero-order chi connectivity index (χ0) is 10.6. The fraction of sp³-hybridized carbons (Fsp3) is 1.00. The summed E-state index contributed by atoms with van der Waals surface area (Å²) in [5.74, 6) is 0.437. The maximum absolute atomic E-state index is 11.1. The van der Waals surface area contributed by atoms with Crippen LogP contribution in [0.2, 0.25) is 0 Å². The van der Waals surface area contributed by atoms with E-state index in [1.54, 1.807) is 0 Å². The minimum Gasteiger partial charge on any atom is -0.396 e. The lowest BCUT2D eigenvalue weighted by Crippen LogP contribution is -2.37. The summed E-state index contributed by atoms with van der Waals surface area (Å²) < 4.78 is 23.4. The van der Waals surface area contributed by atoms with E-state index in [0.717, 1.165) is 25.7 Å². The fourth-order valence-electron chi connectivity index (χ4n) is 1.86. The third-order valence-electron chi connectivity index (χ3n) is 2.70.